The van der Waals surface area contributed by atoms with Gasteiger partial charge < -0.3 is 19.2 Å². The van der Waals surface area contributed by atoms with Gasteiger partial charge in [-0.3, -0.25) is 4.79 Å². The van der Waals surface area contributed by atoms with Crippen LogP contribution in [0.3, 0.4) is 0 Å². The van der Waals surface area contributed by atoms with E-state index in [0.717, 1.165) is 11.3 Å². The van der Waals surface area contributed by atoms with Crippen LogP contribution in [0, 0.1) is 0 Å². The lowest BCUT2D eigenvalue weighted by molar-refractivity contribution is -0.126. The van der Waals surface area contributed by atoms with Crippen molar-refractivity contribution < 1.29 is 14.3 Å². The number of ether oxygens (including phenoxy) is 2. The maximum absolute atomic E-state index is 12.0. The maximum atomic E-state index is 12.0. The second kappa shape index (κ2) is 7.81. The Kier molecular flexibility index (Phi) is 5.30. The number of benzene rings is 1. The van der Waals surface area contributed by atoms with Gasteiger partial charge in [0.05, 0.1) is 5.69 Å². The molecule has 0 aliphatic rings. The lowest BCUT2D eigenvalue weighted by Crippen LogP contribution is -2.27. The first-order valence-electron chi connectivity index (χ1n) is 8.23. The number of pyridine rings is 1. The van der Waals surface area contributed by atoms with Crippen LogP contribution in [0.4, 0.5) is 5.69 Å². The van der Waals surface area contributed by atoms with Crippen LogP contribution in [-0.4, -0.2) is 28.0 Å². The van der Waals surface area contributed by atoms with Crippen LogP contribution in [0.5, 0.6) is 5.75 Å². The van der Waals surface area contributed by atoms with Crippen LogP contribution in [0.15, 0.2) is 54.9 Å². The molecule has 6 heteroatoms. The molecule has 2 heterocycles. The van der Waals surface area contributed by atoms with Crippen molar-refractivity contribution in [3.8, 4) is 5.75 Å². The predicted octanol–water partition coefficient (Wildman–Crippen LogP) is 3.28. The first kappa shape index (κ1) is 17.0. The van der Waals surface area contributed by atoms with Gasteiger partial charge >= 0.3 is 0 Å². The highest BCUT2D eigenvalue weighted by molar-refractivity contribution is 5.94. The maximum Gasteiger partial charge on any atom is 0.253 e. The highest BCUT2D eigenvalue weighted by Crippen LogP contribution is 2.19. The molecule has 0 aliphatic carbocycles. The lowest BCUT2D eigenvalue weighted by atomic mass is 10.3. The molecule has 1 N–H and O–H groups in total. The molecule has 3 aromatic rings. The van der Waals surface area contributed by atoms with Crippen molar-refractivity contribution in [2.75, 3.05) is 11.9 Å². The van der Waals surface area contributed by atoms with Crippen molar-refractivity contribution >= 4 is 17.2 Å². The lowest BCUT2D eigenvalue weighted by Gasteiger charge is -2.13. The summed E-state index contributed by atoms with van der Waals surface area (Å²) < 4.78 is 13.0. The normalized spacial score (nSPS) is 12.1. The molecule has 0 aliphatic heterocycles. The SMILES string of the molecule is CCO[C@H](C)C(=O)Nc1cccc(OCc2cn3ccccc3n2)c1. The second-order valence-corrected chi connectivity index (χ2v) is 5.60. The van der Waals surface area contributed by atoms with Crippen LogP contribution in [0.2, 0.25) is 0 Å². The Morgan fingerprint density at radius 1 is 1.28 bits per heavy atom. The van der Waals surface area contributed by atoms with E-state index in [1.807, 2.05) is 60.1 Å². The van der Waals surface area contributed by atoms with E-state index in [4.69, 9.17) is 9.47 Å². The Labute approximate surface area is 146 Å². The number of nitrogens with zero attached hydrogens (tertiary/aromatic N) is 2. The summed E-state index contributed by atoms with van der Waals surface area (Å²) in [4.78, 5) is 16.5. The van der Waals surface area contributed by atoms with E-state index < -0.39 is 6.10 Å². The van der Waals surface area contributed by atoms with E-state index in [9.17, 15) is 4.79 Å². The Morgan fingerprint density at radius 2 is 2.16 bits per heavy atom. The van der Waals surface area contributed by atoms with Gasteiger partial charge in [-0.1, -0.05) is 12.1 Å². The first-order valence-corrected chi connectivity index (χ1v) is 8.23. The number of nitrogens with one attached hydrogen (secondary N) is 1. The molecule has 25 heavy (non-hydrogen) atoms. The van der Waals surface area contributed by atoms with E-state index in [-0.39, 0.29) is 5.91 Å². The topological polar surface area (TPSA) is 64.9 Å². The third-order valence-electron chi connectivity index (χ3n) is 3.69. The number of rotatable bonds is 7. The third kappa shape index (κ3) is 4.36. The van der Waals surface area contributed by atoms with Crippen molar-refractivity contribution in [2.45, 2.75) is 26.6 Å². The van der Waals surface area contributed by atoms with Crippen molar-refractivity contribution in [3.05, 3.63) is 60.6 Å². The van der Waals surface area contributed by atoms with Gasteiger partial charge in [0.15, 0.2) is 0 Å². The minimum Gasteiger partial charge on any atom is -0.487 e. The highest BCUT2D eigenvalue weighted by atomic mass is 16.5. The van der Waals surface area contributed by atoms with E-state index in [0.29, 0.717) is 24.7 Å². The van der Waals surface area contributed by atoms with Gasteiger partial charge in [-0.15, -0.1) is 0 Å². The molecule has 0 unspecified atom stereocenters. The zero-order valence-corrected chi connectivity index (χ0v) is 14.3. The minimum atomic E-state index is -0.493. The van der Waals surface area contributed by atoms with E-state index in [1.165, 1.54) is 0 Å². The standard InChI is InChI=1S/C19H21N3O3/c1-3-24-14(2)19(23)21-15-7-6-8-17(11-15)25-13-16-12-22-10-5-4-9-18(22)20-16/h4-12,14H,3,13H2,1-2H3,(H,21,23)/t14-/m1/s1. The fraction of sp³-hybridized carbons (Fsp3) is 0.263. The van der Waals surface area contributed by atoms with E-state index in [2.05, 4.69) is 10.3 Å². The molecule has 1 amide bonds. The number of carbonyl (C=O) groups excluding carboxylic acids is 1. The van der Waals surface area contributed by atoms with Crippen molar-refractivity contribution in [2.24, 2.45) is 0 Å². The van der Waals surface area contributed by atoms with Gasteiger partial charge in [0, 0.05) is 30.8 Å². The second-order valence-electron chi connectivity index (χ2n) is 5.60. The quantitative estimate of drug-likeness (QED) is 0.717. The molecule has 3 rings (SSSR count). The van der Waals surface area contributed by atoms with Crippen LogP contribution >= 0.6 is 0 Å². The average Bonchev–Trinajstić information content (AvgIpc) is 3.03. The number of carbonyl (C=O) groups is 1. The Balaban J connectivity index is 1.62. The number of anilines is 1. The monoisotopic (exact) mass is 339 g/mol. The van der Waals surface area contributed by atoms with Crippen molar-refractivity contribution in [3.63, 3.8) is 0 Å². The number of hydrogen-bond acceptors (Lipinski definition) is 4. The summed E-state index contributed by atoms with van der Waals surface area (Å²) in [7, 11) is 0. The van der Waals surface area contributed by atoms with Gasteiger partial charge in [-0.25, -0.2) is 4.98 Å². The molecule has 0 fully saturated rings. The summed E-state index contributed by atoms with van der Waals surface area (Å²) in [5, 5.41) is 2.82. The average molecular weight is 339 g/mol. The summed E-state index contributed by atoms with van der Waals surface area (Å²) in [5.41, 5.74) is 2.39. The van der Waals surface area contributed by atoms with Gasteiger partial charge in [0.1, 0.15) is 24.1 Å². The van der Waals surface area contributed by atoms with Crippen LogP contribution in [0.1, 0.15) is 19.5 Å². The zero-order chi connectivity index (χ0) is 17.6. The highest BCUT2D eigenvalue weighted by Gasteiger charge is 2.12. The minimum absolute atomic E-state index is 0.181. The predicted molar refractivity (Wildman–Crippen MR) is 95.7 cm³/mol. The van der Waals surface area contributed by atoms with Crippen LogP contribution in [-0.2, 0) is 16.1 Å². The van der Waals surface area contributed by atoms with Crippen molar-refractivity contribution in [1.82, 2.24) is 9.38 Å². The van der Waals surface area contributed by atoms with Crippen molar-refractivity contribution in [1.29, 1.82) is 0 Å². The molecule has 0 saturated carbocycles. The van der Waals surface area contributed by atoms with Crippen LogP contribution in [0.25, 0.3) is 5.65 Å². The summed E-state index contributed by atoms with van der Waals surface area (Å²) in [6, 6.07) is 13.1. The van der Waals surface area contributed by atoms with Gasteiger partial charge in [0.25, 0.3) is 5.91 Å². The Bertz CT molecular complexity index is 827. The number of fused-ring (bicyclic) bond motifs is 1. The molecule has 0 radical (unpaired) electrons. The van der Waals surface area contributed by atoms with Gasteiger partial charge in [0.2, 0.25) is 0 Å². The van der Waals surface area contributed by atoms with Crippen LogP contribution < -0.4 is 10.1 Å². The molecule has 2 aromatic heterocycles. The number of hydrogen-bond donors (Lipinski definition) is 1. The summed E-state index contributed by atoms with van der Waals surface area (Å²) >= 11 is 0. The molecule has 1 atom stereocenters. The van der Waals surface area contributed by atoms with Gasteiger partial charge in [-0.2, -0.15) is 0 Å². The first-order chi connectivity index (χ1) is 12.2. The molecule has 0 bridgehead atoms. The molecule has 0 spiro atoms. The Morgan fingerprint density at radius 3 is 2.96 bits per heavy atom. The number of aromatic nitrogens is 2. The summed E-state index contributed by atoms with van der Waals surface area (Å²) in [6.07, 6.45) is 3.39. The van der Waals surface area contributed by atoms with E-state index >= 15 is 0 Å². The molecule has 130 valence electrons. The number of imidazole rings is 1. The smallest absolute Gasteiger partial charge is 0.253 e. The zero-order valence-electron chi connectivity index (χ0n) is 14.3. The molecule has 6 nitrogen and oxygen atoms in total. The summed E-state index contributed by atoms with van der Waals surface area (Å²) in [6.45, 7) is 4.44. The fourth-order valence-electron chi connectivity index (χ4n) is 2.45. The Hall–Kier alpha value is -2.86. The molecular weight excluding hydrogens is 318 g/mol. The van der Waals surface area contributed by atoms with E-state index in [1.54, 1.807) is 13.0 Å². The fourth-order valence-corrected chi connectivity index (χ4v) is 2.45. The number of amides is 1. The molecule has 0 saturated heterocycles. The third-order valence-corrected chi connectivity index (χ3v) is 3.69. The largest absolute Gasteiger partial charge is 0.487 e. The van der Waals surface area contributed by atoms with Gasteiger partial charge in [-0.05, 0) is 38.1 Å². The molecule has 1 aromatic carbocycles. The molecular formula is C19H21N3O3. The summed E-state index contributed by atoms with van der Waals surface area (Å²) in [5.74, 6) is 0.485.